The molecular weight excluding hydrogens is 378 g/mol. The lowest BCUT2D eigenvalue weighted by Gasteiger charge is -2.20. The molecule has 0 aromatic carbocycles. The standard InChI is InChI=1S/C19H25N5O5/c1-5-7-10-24-15(20)14(16(25)22-19(24)28)23(4)17(26)13-9-8-12(11(3)21-13)18(27)29-6-2/h8-9H,5-7,10,20H2,1-4H3,(H,22,25,28). The summed E-state index contributed by atoms with van der Waals surface area (Å²) in [6.07, 6.45) is 1.51. The van der Waals surface area contributed by atoms with Crippen molar-refractivity contribution >= 4 is 23.4 Å². The third kappa shape index (κ3) is 4.53. The topological polar surface area (TPSA) is 140 Å². The number of nitrogens with one attached hydrogen (secondary N) is 1. The number of hydrogen-bond acceptors (Lipinski definition) is 7. The maximum Gasteiger partial charge on any atom is 0.339 e. The SMILES string of the molecule is CCCCn1c(N)c(N(C)C(=O)c2ccc(C(=O)OCC)c(C)n2)c(=O)[nH]c1=O. The monoisotopic (exact) mass is 403 g/mol. The van der Waals surface area contributed by atoms with Crippen LogP contribution in [-0.2, 0) is 11.3 Å². The van der Waals surface area contributed by atoms with Crippen molar-refractivity contribution in [3.63, 3.8) is 0 Å². The zero-order valence-corrected chi connectivity index (χ0v) is 16.9. The van der Waals surface area contributed by atoms with E-state index in [9.17, 15) is 19.2 Å². The molecule has 0 saturated heterocycles. The van der Waals surface area contributed by atoms with E-state index in [2.05, 4.69) is 9.97 Å². The highest BCUT2D eigenvalue weighted by molar-refractivity contribution is 6.06. The van der Waals surface area contributed by atoms with Gasteiger partial charge in [-0.05, 0) is 32.4 Å². The van der Waals surface area contributed by atoms with Gasteiger partial charge in [0.2, 0.25) is 0 Å². The van der Waals surface area contributed by atoms with Gasteiger partial charge in [0, 0.05) is 13.6 Å². The van der Waals surface area contributed by atoms with Gasteiger partial charge in [-0.25, -0.2) is 14.6 Å². The van der Waals surface area contributed by atoms with Crippen molar-refractivity contribution in [2.24, 2.45) is 0 Å². The largest absolute Gasteiger partial charge is 0.462 e. The molecule has 0 bridgehead atoms. The lowest BCUT2D eigenvalue weighted by Crippen LogP contribution is -2.39. The minimum absolute atomic E-state index is 0.0168. The van der Waals surface area contributed by atoms with Crippen LogP contribution in [0.5, 0.6) is 0 Å². The third-order valence-electron chi connectivity index (χ3n) is 4.39. The summed E-state index contributed by atoms with van der Waals surface area (Å²) >= 11 is 0. The summed E-state index contributed by atoms with van der Waals surface area (Å²) < 4.78 is 6.17. The Hall–Kier alpha value is -3.43. The van der Waals surface area contributed by atoms with E-state index in [1.54, 1.807) is 13.8 Å². The van der Waals surface area contributed by atoms with E-state index >= 15 is 0 Å². The number of carbonyl (C=O) groups excluding carboxylic acids is 2. The van der Waals surface area contributed by atoms with Crippen molar-refractivity contribution in [3.8, 4) is 0 Å². The smallest absolute Gasteiger partial charge is 0.339 e. The molecule has 0 aliphatic rings. The molecule has 1 amide bonds. The number of anilines is 2. The summed E-state index contributed by atoms with van der Waals surface area (Å²) in [6, 6.07) is 2.81. The van der Waals surface area contributed by atoms with Gasteiger partial charge in [0.05, 0.1) is 17.9 Å². The fourth-order valence-electron chi connectivity index (χ4n) is 2.82. The molecule has 3 N–H and O–H groups in total. The number of pyridine rings is 1. The molecule has 0 saturated carbocycles. The number of ether oxygens (including phenoxy) is 1. The minimum atomic E-state index is -0.768. The maximum absolute atomic E-state index is 12.9. The highest BCUT2D eigenvalue weighted by Crippen LogP contribution is 2.18. The number of nitrogens with two attached hydrogens (primary N) is 1. The normalized spacial score (nSPS) is 10.6. The van der Waals surface area contributed by atoms with Crippen LogP contribution >= 0.6 is 0 Å². The van der Waals surface area contributed by atoms with Crippen LogP contribution < -0.4 is 21.9 Å². The number of aryl methyl sites for hydroxylation is 1. The molecule has 2 heterocycles. The van der Waals surface area contributed by atoms with E-state index in [1.807, 2.05) is 6.92 Å². The van der Waals surface area contributed by atoms with E-state index in [1.165, 1.54) is 23.7 Å². The molecule has 2 rings (SSSR count). The van der Waals surface area contributed by atoms with Gasteiger partial charge in [-0.2, -0.15) is 0 Å². The Labute approximate surface area is 167 Å². The van der Waals surface area contributed by atoms with Crippen molar-refractivity contribution < 1.29 is 14.3 Å². The molecule has 2 aromatic rings. The molecule has 0 atom stereocenters. The first-order valence-electron chi connectivity index (χ1n) is 9.28. The number of H-pyrrole nitrogens is 1. The van der Waals surface area contributed by atoms with Crippen LogP contribution in [0.2, 0.25) is 0 Å². The Morgan fingerprint density at radius 1 is 1.28 bits per heavy atom. The molecule has 2 aromatic heterocycles. The van der Waals surface area contributed by atoms with Gasteiger partial charge in [-0.1, -0.05) is 13.3 Å². The van der Waals surface area contributed by atoms with Crippen LogP contribution in [0, 0.1) is 6.92 Å². The van der Waals surface area contributed by atoms with Crippen molar-refractivity contribution in [1.82, 2.24) is 14.5 Å². The van der Waals surface area contributed by atoms with E-state index in [0.717, 1.165) is 11.3 Å². The number of nitrogens with zero attached hydrogens (tertiary/aromatic N) is 3. The second-order valence-electron chi connectivity index (χ2n) is 6.41. The van der Waals surface area contributed by atoms with Gasteiger partial charge in [0.1, 0.15) is 11.5 Å². The fourth-order valence-corrected chi connectivity index (χ4v) is 2.82. The summed E-state index contributed by atoms with van der Waals surface area (Å²) in [5.74, 6) is -1.24. The average molecular weight is 403 g/mol. The molecule has 0 radical (unpaired) electrons. The molecule has 10 heteroatoms. The summed E-state index contributed by atoms with van der Waals surface area (Å²) in [5, 5.41) is 0. The first-order valence-corrected chi connectivity index (χ1v) is 9.28. The van der Waals surface area contributed by atoms with Crippen LogP contribution in [0.25, 0.3) is 0 Å². The fraction of sp³-hybridized carbons (Fsp3) is 0.421. The predicted octanol–water partition coefficient (Wildman–Crippen LogP) is 1.08. The lowest BCUT2D eigenvalue weighted by atomic mass is 10.1. The van der Waals surface area contributed by atoms with Crippen molar-refractivity contribution in [1.29, 1.82) is 0 Å². The molecule has 29 heavy (non-hydrogen) atoms. The van der Waals surface area contributed by atoms with Gasteiger partial charge in [0.25, 0.3) is 11.5 Å². The Morgan fingerprint density at radius 2 is 1.97 bits per heavy atom. The number of aromatic amines is 1. The minimum Gasteiger partial charge on any atom is -0.462 e. The van der Waals surface area contributed by atoms with Gasteiger partial charge in [-0.15, -0.1) is 0 Å². The average Bonchev–Trinajstić information content (AvgIpc) is 2.66. The van der Waals surface area contributed by atoms with Gasteiger partial charge in [0.15, 0.2) is 5.69 Å². The first kappa shape index (κ1) is 21.9. The number of esters is 1. The Balaban J connectivity index is 2.42. The molecule has 0 aliphatic heterocycles. The zero-order valence-electron chi connectivity index (χ0n) is 16.9. The Kier molecular flexibility index (Phi) is 6.92. The number of carbonyl (C=O) groups is 2. The van der Waals surface area contributed by atoms with Gasteiger partial charge in [-0.3, -0.25) is 19.1 Å². The van der Waals surface area contributed by atoms with E-state index in [0.29, 0.717) is 18.7 Å². The van der Waals surface area contributed by atoms with Crippen LogP contribution in [0.15, 0.2) is 21.7 Å². The van der Waals surface area contributed by atoms with Gasteiger partial charge >= 0.3 is 11.7 Å². The maximum atomic E-state index is 12.9. The lowest BCUT2D eigenvalue weighted by molar-refractivity contribution is 0.0524. The van der Waals surface area contributed by atoms with E-state index in [-0.39, 0.29) is 29.4 Å². The van der Waals surface area contributed by atoms with Crippen LogP contribution in [0.3, 0.4) is 0 Å². The second kappa shape index (κ2) is 9.18. The highest BCUT2D eigenvalue weighted by atomic mass is 16.5. The molecule has 0 fully saturated rings. The van der Waals surface area contributed by atoms with Crippen LogP contribution in [-0.4, -0.2) is 40.1 Å². The molecule has 0 aliphatic carbocycles. The van der Waals surface area contributed by atoms with Crippen molar-refractivity contribution in [3.05, 3.63) is 49.9 Å². The van der Waals surface area contributed by atoms with Crippen molar-refractivity contribution in [2.45, 2.75) is 40.2 Å². The Bertz CT molecular complexity index is 1040. The summed E-state index contributed by atoms with van der Waals surface area (Å²) in [6.45, 7) is 5.76. The summed E-state index contributed by atoms with van der Waals surface area (Å²) in [5.41, 5.74) is 5.08. The van der Waals surface area contributed by atoms with Gasteiger partial charge < -0.3 is 15.4 Å². The quantitative estimate of drug-likeness (QED) is 0.659. The number of rotatable bonds is 7. The molecule has 0 spiro atoms. The summed E-state index contributed by atoms with van der Waals surface area (Å²) in [4.78, 5) is 56.5. The molecule has 156 valence electrons. The number of unbranched alkanes of at least 4 members (excludes halogenated alkanes) is 1. The van der Waals surface area contributed by atoms with Crippen LogP contribution in [0.1, 0.15) is 53.2 Å². The second-order valence-corrected chi connectivity index (χ2v) is 6.41. The Morgan fingerprint density at radius 3 is 2.55 bits per heavy atom. The number of amides is 1. The molecular formula is C19H25N5O5. The summed E-state index contributed by atoms with van der Waals surface area (Å²) in [7, 11) is 1.37. The van der Waals surface area contributed by atoms with E-state index < -0.39 is 23.1 Å². The van der Waals surface area contributed by atoms with E-state index in [4.69, 9.17) is 10.5 Å². The third-order valence-corrected chi connectivity index (χ3v) is 4.39. The van der Waals surface area contributed by atoms with Crippen LogP contribution in [0.4, 0.5) is 11.5 Å². The highest BCUT2D eigenvalue weighted by Gasteiger charge is 2.24. The first-order chi connectivity index (χ1) is 13.7. The number of hydrogen-bond donors (Lipinski definition) is 2. The van der Waals surface area contributed by atoms with Crippen molar-refractivity contribution in [2.75, 3.05) is 24.3 Å². The zero-order chi connectivity index (χ0) is 21.7. The number of aromatic nitrogens is 3. The number of nitrogen functional groups attached to an aromatic ring is 1. The predicted molar refractivity (Wildman–Crippen MR) is 108 cm³/mol. The molecule has 0 unspecified atom stereocenters. The molecule has 10 nitrogen and oxygen atoms in total.